The number of aromatic nitrogens is 4. The van der Waals surface area contributed by atoms with Gasteiger partial charge in [-0.3, -0.25) is 9.36 Å². The van der Waals surface area contributed by atoms with Gasteiger partial charge < -0.3 is 25.2 Å². The zero-order valence-corrected chi connectivity index (χ0v) is 22.3. The van der Waals surface area contributed by atoms with Crippen molar-refractivity contribution in [3.8, 4) is 11.7 Å². The summed E-state index contributed by atoms with van der Waals surface area (Å²) in [6.07, 6.45) is 6.96. The molecule has 0 radical (unpaired) electrons. The van der Waals surface area contributed by atoms with E-state index in [0.717, 1.165) is 17.0 Å². The minimum Gasteiger partial charge on any atom is -0.494 e. The lowest BCUT2D eigenvalue weighted by Crippen LogP contribution is -2.57. The molecule has 0 bridgehead atoms. The van der Waals surface area contributed by atoms with Crippen molar-refractivity contribution in [2.24, 2.45) is 0 Å². The van der Waals surface area contributed by atoms with Gasteiger partial charge in [0, 0.05) is 56.9 Å². The van der Waals surface area contributed by atoms with Gasteiger partial charge in [-0.05, 0) is 42.8 Å². The number of nitrogens with zero attached hydrogens (tertiary/aromatic N) is 6. The third-order valence-corrected chi connectivity index (χ3v) is 6.60. The predicted octanol–water partition coefficient (Wildman–Crippen LogP) is 3.49. The summed E-state index contributed by atoms with van der Waals surface area (Å²) in [5.41, 5.74) is 1.70. The van der Waals surface area contributed by atoms with Gasteiger partial charge in [0.15, 0.2) is 0 Å². The molecule has 1 aliphatic rings. The minimum atomic E-state index is -0.291. The molecule has 206 valence electrons. The number of urea groups is 1. The van der Waals surface area contributed by atoms with Crippen LogP contribution in [0.4, 0.5) is 16.3 Å². The largest absolute Gasteiger partial charge is 0.494 e. The Labute approximate surface area is 232 Å². The zero-order chi connectivity index (χ0) is 27.7. The van der Waals surface area contributed by atoms with Crippen LogP contribution < -0.4 is 20.3 Å². The van der Waals surface area contributed by atoms with Crippen LogP contribution in [-0.2, 0) is 11.3 Å². The van der Waals surface area contributed by atoms with E-state index < -0.39 is 0 Å². The number of piperazine rings is 1. The Balaban J connectivity index is 1.29. The highest BCUT2D eigenvalue weighted by Gasteiger charge is 2.32. The van der Waals surface area contributed by atoms with Crippen LogP contribution >= 0.6 is 0 Å². The van der Waals surface area contributed by atoms with Crippen molar-refractivity contribution in [1.29, 1.82) is 0 Å². The van der Waals surface area contributed by atoms with E-state index >= 15 is 0 Å². The second kappa shape index (κ2) is 12.7. The lowest BCUT2D eigenvalue weighted by atomic mass is 10.1. The summed E-state index contributed by atoms with van der Waals surface area (Å²) >= 11 is 0. The molecule has 5 rings (SSSR count). The molecule has 2 N–H and O–H groups in total. The van der Waals surface area contributed by atoms with Crippen LogP contribution in [0.5, 0.6) is 5.75 Å². The number of hydrogen-bond acceptors (Lipinski definition) is 7. The molecule has 0 aliphatic carbocycles. The first-order chi connectivity index (χ1) is 19.6. The van der Waals surface area contributed by atoms with Crippen molar-refractivity contribution in [2.45, 2.75) is 25.9 Å². The van der Waals surface area contributed by atoms with Crippen molar-refractivity contribution < 1.29 is 14.3 Å². The van der Waals surface area contributed by atoms with Crippen molar-refractivity contribution in [1.82, 2.24) is 29.7 Å². The van der Waals surface area contributed by atoms with Crippen LogP contribution in [0.15, 0.2) is 85.6 Å². The predicted molar refractivity (Wildman–Crippen MR) is 151 cm³/mol. The molecule has 1 atom stereocenters. The number of carbonyl (C=O) groups excluding carboxylic acids is 2. The van der Waals surface area contributed by atoms with Crippen molar-refractivity contribution in [3.05, 3.63) is 91.1 Å². The molecule has 3 amide bonds. The van der Waals surface area contributed by atoms with Gasteiger partial charge in [0.25, 0.3) is 0 Å². The monoisotopic (exact) mass is 540 g/mol. The molecule has 1 aliphatic heterocycles. The Morgan fingerprint density at radius 3 is 2.60 bits per heavy atom. The highest BCUT2D eigenvalue weighted by molar-refractivity contribution is 5.89. The lowest BCUT2D eigenvalue weighted by molar-refractivity contribution is -0.121. The van der Waals surface area contributed by atoms with Crippen molar-refractivity contribution in [2.75, 3.05) is 36.5 Å². The van der Waals surface area contributed by atoms with Gasteiger partial charge in [-0.15, -0.1) is 0 Å². The fraction of sp³-hybridized carbons (Fsp3) is 0.276. The first-order valence-electron chi connectivity index (χ1n) is 13.3. The molecule has 2 aromatic heterocycles. The van der Waals surface area contributed by atoms with E-state index in [1.165, 1.54) is 0 Å². The summed E-state index contributed by atoms with van der Waals surface area (Å²) in [5, 5.41) is 5.97. The molecule has 4 aromatic rings. The first kappa shape index (κ1) is 26.7. The van der Waals surface area contributed by atoms with E-state index in [9.17, 15) is 9.59 Å². The quantitative estimate of drug-likeness (QED) is 0.334. The average molecular weight is 541 g/mol. The lowest BCUT2D eigenvalue weighted by Gasteiger charge is -2.41. The molecule has 1 unspecified atom stereocenters. The maximum atomic E-state index is 13.1. The number of anilines is 2. The van der Waals surface area contributed by atoms with Crippen molar-refractivity contribution in [3.63, 3.8) is 0 Å². The number of hydrogen-bond donors (Lipinski definition) is 2. The van der Waals surface area contributed by atoms with Crippen LogP contribution in [0.1, 0.15) is 18.9 Å². The highest BCUT2D eigenvalue weighted by Crippen LogP contribution is 2.22. The van der Waals surface area contributed by atoms with Gasteiger partial charge in [0.1, 0.15) is 17.9 Å². The second-order valence-corrected chi connectivity index (χ2v) is 9.33. The number of amides is 3. The topological polar surface area (TPSA) is 118 Å². The van der Waals surface area contributed by atoms with E-state index in [0.29, 0.717) is 44.6 Å². The standard InChI is InChI=1S/C29H32N8O3/c1-2-40-25-10-8-22(9-11-25)19-32-27(38)18-24-20-35(29(39)33-23-6-4-3-5-7-23)16-17-37(24)26-12-13-31-28(34-26)36-15-14-30-21-36/h3-15,21,24H,2,16-20H2,1H3,(H,32,38)(H,33,39). The van der Waals surface area contributed by atoms with E-state index in [4.69, 9.17) is 9.72 Å². The molecular weight excluding hydrogens is 508 g/mol. The maximum absolute atomic E-state index is 13.1. The summed E-state index contributed by atoms with van der Waals surface area (Å²) in [6, 6.07) is 18.3. The Bertz CT molecular complexity index is 1400. The van der Waals surface area contributed by atoms with Crippen LogP contribution in [0.25, 0.3) is 5.95 Å². The number of nitrogens with one attached hydrogen (secondary N) is 2. The van der Waals surface area contributed by atoms with E-state index in [1.807, 2.05) is 67.6 Å². The van der Waals surface area contributed by atoms with Crippen LogP contribution in [0.3, 0.4) is 0 Å². The number of carbonyl (C=O) groups is 2. The van der Waals surface area contributed by atoms with E-state index in [1.54, 1.807) is 34.4 Å². The summed E-state index contributed by atoms with van der Waals surface area (Å²) < 4.78 is 7.22. The SMILES string of the molecule is CCOc1ccc(CNC(=O)CC2CN(C(=O)Nc3ccccc3)CCN2c2ccnc(-n3ccnc3)n2)cc1. The van der Waals surface area contributed by atoms with Gasteiger partial charge in [-0.25, -0.2) is 14.8 Å². The molecule has 0 saturated carbocycles. The summed E-state index contributed by atoms with van der Waals surface area (Å²) in [6.45, 7) is 4.29. The third-order valence-electron chi connectivity index (χ3n) is 6.60. The average Bonchev–Trinajstić information content (AvgIpc) is 3.53. The molecular formula is C29H32N8O3. The molecule has 3 heterocycles. The number of rotatable bonds is 9. The molecule has 1 fully saturated rings. The number of benzene rings is 2. The van der Waals surface area contributed by atoms with Crippen LogP contribution in [0.2, 0.25) is 0 Å². The summed E-state index contributed by atoms with van der Waals surface area (Å²) in [4.78, 5) is 43.2. The Morgan fingerprint density at radius 1 is 1.02 bits per heavy atom. The molecule has 1 saturated heterocycles. The molecule has 2 aromatic carbocycles. The first-order valence-corrected chi connectivity index (χ1v) is 13.3. The summed E-state index contributed by atoms with van der Waals surface area (Å²) in [7, 11) is 0. The van der Waals surface area contributed by atoms with Gasteiger partial charge in [-0.1, -0.05) is 30.3 Å². The van der Waals surface area contributed by atoms with Crippen molar-refractivity contribution >= 4 is 23.4 Å². The highest BCUT2D eigenvalue weighted by atomic mass is 16.5. The fourth-order valence-corrected chi connectivity index (χ4v) is 4.60. The zero-order valence-electron chi connectivity index (χ0n) is 22.3. The molecule has 40 heavy (non-hydrogen) atoms. The number of imidazole rings is 1. The van der Waals surface area contributed by atoms with Gasteiger partial charge >= 0.3 is 6.03 Å². The molecule has 11 nitrogen and oxygen atoms in total. The fourth-order valence-electron chi connectivity index (χ4n) is 4.60. The second-order valence-electron chi connectivity index (χ2n) is 9.33. The number of para-hydroxylation sites is 1. The smallest absolute Gasteiger partial charge is 0.321 e. The van der Waals surface area contributed by atoms with Gasteiger partial charge in [0.2, 0.25) is 11.9 Å². The Hall–Kier alpha value is -4.93. The Morgan fingerprint density at radius 2 is 1.85 bits per heavy atom. The van der Waals surface area contributed by atoms with Gasteiger partial charge in [0.05, 0.1) is 12.6 Å². The molecule has 11 heteroatoms. The van der Waals surface area contributed by atoms with Crippen LogP contribution in [0, 0.1) is 0 Å². The minimum absolute atomic E-state index is 0.113. The third kappa shape index (κ3) is 6.73. The van der Waals surface area contributed by atoms with E-state index in [2.05, 4.69) is 25.5 Å². The number of ether oxygens (including phenoxy) is 1. The Kier molecular flexibility index (Phi) is 8.50. The van der Waals surface area contributed by atoms with Crippen LogP contribution in [-0.4, -0.2) is 68.6 Å². The maximum Gasteiger partial charge on any atom is 0.321 e. The van der Waals surface area contributed by atoms with Gasteiger partial charge in [-0.2, -0.15) is 4.98 Å². The summed E-state index contributed by atoms with van der Waals surface area (Å²) in [5.74, 6) is 1.85. The normalized spacial score (nSPS) is 15.0. The molecule has 0 spiro atoms. The van der Waals surface area contributed by atoms with E-state index in [-0.39, 0.29) is 24.4 Å².